The van der Waals surface area contributed by atoms with Gasteiger partial charge in [0.05, 0.1) is 19.7 Å². The summed E-state index contributed by atoms with van der Waals surface area (Å²) in [7, 11) is 1.47. The van der Waals surface area contributed by atoms with Crippen molar-refractivity contribution in [1.29, 1.82) is 0 Å². The van der Waals surface area contributed by atoms with Crippen LogP contribution in [0, 0.1) is 0 Å². The number of rotatable bonds is 7. The van der Waals surface area contributed by atoms with Crippen molar-refractivity contribution in [3.8, 4) is 5.95 Å². The standard InChI is InChI=1S/C18H25N5O4/c1-11(2)21-17(24)13-8-12(9-23(13)10-15-19-6-7-20-15)22-18(25)14-4-5-16(26-3)27-14/h4-7,11-13H,8-10H2,1-3H3,(H,19,20)(H,21,24)(H,22,25)/t12-,13+/m1/s1. The van der Waals surface area contributed by atoms with Crippen molar-refractivity contribution in [1.82, 2.24) is 25.5 Å². The third-order valence-corrected chi connectivity index (χ3v) is 4.39. The molecule has 9 nitrogen and oxygen atoms in total. The first kappa shape index (κ1) is 19.0. The number of amides is 2. The first-order valence-electron chi connectivity index (χ1n) is 8.93. The maximum atomic E-state index is 12.6. The van der Waals surface area contributed by atoms with Crippen molar-refractivity contribution in [2.24, 2.45) is 0 Å². The first-order valence-corrected chi connectivity index (χ1v) is 8.93. The van der Waals surface area contributed by atoms with Crippen LogP contribution in [0.25, 0.3) is 0 Å². The predicted octanol–water partition coefficient (Wildman–Crippen LogP) is 0.909. The second-order valence-electron chi connectivity index (χ2n) is 6.87. The second-order valence-corrected chi connectivity index (χ2v) is 6.87. The molecule has 1 fully saturated rings. The molecule has 2 atom stereocenters. The Morgan fingerprint density at radius 1 is 1.44 bits per heavy atom. The predicted molar refractivity (Wildman–Crippen MR) is 97.2 cm³/mol. The number of hydrogen-bond acceptors (Lipinski definition) is 6. The number of carbonyl (C=O) groups excluding carboxylic acids is 2. The van der Waals surface area contributed by atoms with Crippen molar-refractivity contribution in [3.05, 3.63) is 36.1 Å². The summed E-state index contributed by atoms with van der Waals surface area (Å²) in [5.74, 6) is 0.860. The summed E-state index contributed by atoms with van der Waals surface area (Å²) in [6.45, 7) is 4.89. The lowest BCUT2D eigenvalue weighted by Gasteiger charge is -2.23. The van der Waals surface area contributed by atoms with Gasteiger partial charge in [0.15, 0.2) is 5.76 Å². The molecule has 0 unspecified atom stereocenters. The van der Waals surface area contributed by atoms with Gasteiger partial charge in [-0.3, -0.25) is 14.5 Å². The molecule has 3 heterocycles. The molecule has 0 bridgehead atoms. The molecule has 146 valence electrons. The number of carbonyl (C=O) groups is 2. The molecule has 2 amide bonds. The number of aromatic amines is 1. The summed E-state index contributed by atoms with van der Waals surface area (Å²) in [6.07, 6.45) is 3.94. The Kier molecular flexibility index (Phi) is 5.80. The summed E-state index contributed by atoms with van der Waals surface area (Å²) in [5.41, 5.74) is 0. The number of H-pyrrole nitrogens is 1. The molecule has 27 heavy (non-hydrogen) atoms. The van der Waals surface area contributed by atoms with Gasteiger partial charge in [-0.2, -0.15) is 0 Å². The van der Waals surface area contributed by atoms with E-state index in [0.717, 1.165) is 5.82 Å². The minimum absolute atomic E-state index is 0.0482. The molecule has 3 N–H and O–H groups in total. The Labute approximate surface area is 157 Å². The summed E-state index contributed by atoms with van der Waals surface area (Å²) >= 11 is 0. The number of imidazole rings is 1. The Balaban J connectivity index is 1.67. The maximum absolute atomic E-state index is 12.6. The van der Waals surface area contributed by atoms with Gasteiger partial charge in [0.25, 0.3) is 11.9 Å². The molecular weight excluding hydrogens is 350 g/mol. The zero-order chi connectivity index (χ0) is 19.4. The molecule has 1 saturated heterocycles. The van der Waals surface area contributed by atoms with Gasteiger partial charge in [-0.1, -0.05) is 0 Å². The SMILES string of the molecule is COc1ccc(C(=O)N[C@@H]2C[C@@H](C(=O)NC(C)C)N(Cc3ncc[nH]3)C2)o1. The van der Waals surface area contributed by atoms with Gasteiger partial charge in [0, 0.05) is 37.1 Å². The van der Waals surface area contributed by atoms with Gasteiger partial charge in [0.2, 0.25) is 5.91 Å². The number of methoxy groups -OCH3 is 1. The molecule has 3 rings (SSSR count). The minimum Gasteiger partial charge on any atom is -0.468 e. The van der Waals surface area contributed by atoms with E-state index in [0.29, 0.717) is 19.5 Å². The highest BCUT2D eigenvalue weighted by Crippen LogP contribution is 2.21. The molecule has 0 radical (unpaired) electrons. The van der Waals surface area contributed by atoms with Crippen molar-refractivity contribution in [2.75, 3.05) is 13.7 Å². The van der Waals surface area contributed by atoms with E-state index in [2.05, 4.69) is 20.6 Å². The molecule has 1 aliphatic rings. The molecular formula is C18H25N5O4. The van der Waals surface area contributed by atoms with Crippen LogP contribution in [0.4, 0.5) is 0 Å². The van der Waals surface area contributed by atoms with E-state index in [1.54, 1.807) is 24.5 Å². The van der Waals surface area contributed by atoms with Crippen LogP contribution in [0.3, 0.4) is 0 Å². The van der Waals surface area contributed by atoms with Gasteiger partial charge in [-0.25, -0.2) is 4.98 Å². The Bertz CT molecular complexity index is 771. The summed E-state index contributed by atoms with van der Waals surface area (Å²) < 4.78 is 10.3. The lowest BCUT2D eigenvalue weighted by Crippen LogP contribution is -2.45. The fourth-order valence-corrected chi connectivity index (χ4v) is 3.22. The molecule has 9 heteroatoms. The smallest absolute Gasteiger partial charge is 0.287 e. The highest BCUT2D eigenvalue weighted by molar-refractivity contribution is 5.92. The van der Waals surface area contributed by atoms with Crippen LogP contribution in [0.15, 0.2) is 28.9 Å². The molecule has 2 aromatic rings. The Morgan fingerprint density at radius 2 is 2.26 bits per heavy atom. The largest absolute Gasteiger partial charge is 0.468 e. The van der Waals surface area contributed by atoms with Gasteiger partial charge in [0.1, 0.15) is 5.82 Å². The molecule has 0 spiro atoms. The summed E-state index contributed by atoms with van der Waals surface area (Å²) in [5, 5.41) is 5.89. The van der Waals surface area contributed by atoms with E-state index in [4.69, 9.17) is 9.15 Å². The number of ether oxygens (including phenoxy) is 1. The third-order valence-electron chi connectivity index (χ3n) is 4.39. The molecule has 0 aliphatic carbocycles. The number of nitrogens with zero attached hydrogens (tertiary/aromatic N) is 2. The van der Waals surface area contributed by atoms with E-state index >= 15 is 0 Å². The average Bonchev–Trinajstić information content (AvgIpc) is 3.35. The Morgan fingerprint density at radius 3 is 2.89 bits per heavy atom. The maximum Gasteiger partial charge on any atom is 0.287 e. The van der Waals surface area contributed by atoms with Gasteiger partial charge in [-0.05, 0) is 26.3 Å². The fraction of sp³-hybridized carbons (Fsp3) is 0.500. The van der Waals surface area contributed by atoms with Crippen LogP contribution >= 0.6 is 0 Å². The fourth-order valence-electron chi connectivity index (χ4n) is 3.22. The third kappa shape index (κ3) is 4.68. The van der Waals surface area contributed by atoms with E-state index in [1.165, 1.54) is 7.11 Å². The molecule has 2 aromatic heterocycles. The average molecular weight is 375 g/mol. The lowest BCUT2D eigenvalue weighted by atomic mass is 10.1. The highest BCUT2D eigenvalue weighted by Gasteiger charge is 2.38. The number of aromatic nitrogens is 2. The van der Waals surface area contributed by atoms with Crippen molar-refractivity contribution < 1.29 is 18.7 Å². The topological polar surface area (TPSA) is 112 Å². The van der Waals surface area contributed by atoms with Crippen LogP contribution in [-0.4, -0.2) is 58.5 Å². The number of furan rings is 1. The van der Waals surface area contributed by atoms with Crippen LogP contribution in [0.5, 0.6) is 5.95 Å². The second kappa shape index (κ2) is 8.26. The molecule has 1 aliphatic heterocycles. The van der Waals surface area contributed by atoms with Crippen molar-refractivity contribution in [3.63, 3.8) is 0 Å². The lowest BCUT2D eigenvalue weighted by molar-refractivity contribution is -0.126. The molecule has 0 saturated carbocycles. The van der Waals surface area contributed by atoms with Gasteiger partial charge < -0.3 is 24.8 Å². The highest BCUT2D eigenvalue weighted by atomic mass is 16.6. The monoisotopic (exact) mass is 375 g/mol. The van der Waals surface area contributed by atoms with Gasteiger partial charge in [-0.15, -0.1) is 0 Å². The van der Waals surface area contributed by atoms with E-state index in [1.807, 2.05) is 18.7 Å². The van der Waals surface area contributed by atoms with E-state index in [-0.39, 0.29) is 41.6 Å². The van der Waals surface area contributed by atoms with Gasteiger partial charge >= 0.3 is 0 Å². The number of likely N-dealkylation sites (tertiary alicyclic amines) is 1. The quantitative estimate of drug-likeness (QED) is 0.663. The zero-order valence-corrected chi connectivity index (χ0v) is 15.7. The van der Waals surface area contributed by atoms with Crippen LogP contribution in [-0.2, 0) is 11.3 Å². The number of hydrogen-bond donors (Lipinski definition) is 3. The Hall–Kier alpha value is -2.81. The molecule has 0 aromatic carbocycles. The minimum atomic E-state index is -0.339. The van der Waals surface area contributed by atoms with Crippen LogP contribution < -0.4 is 15.4 Å². The number of nitrogens with one attached hydrogen (secondary N) is 3. The summed E-state index contributed by atoms with van der Waals surface area (Å²) in [4.78, 5) is 34.3. The first-order chi connectivity index (χ1) is 13.0. The van der Waals surface area contributed by atoms with Crippen LogP contribution in [0.2, 0.25) is 0 Å². The van der Waals surface area contributed by atoms with Crippen molar-refractivity contribution >= 4 is 11.8 Å². The van der Waals surface area contributed by atoms with E-state index < -0.39 is 0 Å². The summed E-state index contributed by atoms with van der Waals surface area (Å²) in [6, 6.07) is 2.69. The normalized spacial score (nSPS) is 20.0. The zero-order valence-electron chi connectivity index (χ0n) is 15.7. The van der Waals surface area contributed by atoms with Crippen LogP contribution in [0.1, 0.15) is 36.6 Å². The van der Waals surface area contributed by atoms with E-state index in [9.17, 15) is 9.59 Å². The van der Waals surface area contributed by atoms with Crippen molar-refractivity contribution in [2.45, 2.75) is 44.9 Å².